The normalized spacial score (nSPS) is 10.2. The zero-order valence-electron chi connectivity index (χ0n) is 22.3. The molecule has 0 radical (unpaired) electrons. The van der Waals surface area contributed by atoms with Crippen molar-refractivity contribution in [2.75, 3.05) is 7.11 Å². The highest BCUT2D eigenvalue weighted by Gasteiger charge is 2.06. The number of ether oxygens (including phenoxy) is 4. The van der Waals surface area contributed by atoms with Crippen LogP contribution in [0.25, 0.3) is 0 Å². The van der Waals surface area contributed by atoms with Crippen molar-refractivity contribution in [1.29, 1.82) is 0 Å². The summed E-state index contributed by atoms with van der Waals surface area (Å²) >= 11 is 4.31. The summed E-state index contributed by atoms with van der Waals surface area (Å²) < 4.78 is 24.1. The largest absolute Gasteiger partial charge is 0.497 e. The molecule has 0 aliphatic rings. The first-order valence-electron chi connectivity index (χ1n) is 12.6. The van der Waals surface area contributed by atoms with Gasteiger partial charge < -0.3 is 23.9 Å². The summed E-state index contributed by atoms with van der Waals surface area (Å²) in [7, 11) is 1.65. The van der Waals surface area contributed by atoms with E-state index >= 15 is 0 Å². The molecule has 41 heavy (non-hydrogen) atoms. The van der Waals surface area contributed by atoms with Crippen LogP contribution in [-0.4, -0.2) is 17.1 Å². The van der Waals surface area contributed by atoms with Crippen LogP contribution in [0.5, 0.6) is 23.1 Å². The van der Waals surface area contributed by atoms with E-state index in [2.05, 4.69) is 55.1 Å². The van der Waals surface area contributed by atoms with Crippen LogP contribution in [0, 0.1) is 7.14 Å². The standard InChI is InChI=1S/C20H18INO3.C12H10INO2/c1-23-17-9-7-16(8-10-17)14-25-20-11-18(21)19(12-22-20)24-13-15-5-3-2-4-6-15;13-10-6-12(15)14-7-11(10)16-8-9-4-2-1-3-5-9/h2-12H,13-14H2,1H3;1-7H,8H2,(H,14,15). The van der Waals surface area contributed by atoms with E-state index in [1.54, 1.807) is 19.5 Å². The van der Waals surface area contributed by atoms with Crippen molar-refractivity contribution in [2.24, 2.45) is 0 Å². The summed E-state index contributed by atoms with van der Waals surface area (Å²) in [5.41, 5.74) is 3.17. The summed E-state index contributed by atoms with van der Waals surface area (Å²) in [6.45, 7) is 1.48. The van der Waals surface area contributed by atoms with Gasteiger partial charge in [-0.05, 0) is 74.0 Å². The third-order valence-corrected chi connectivity index (χ3v) is 7.34. The summed E-state index contributed by atoms with van der Waals surface area (Å²) in [5.74, 6) is 2.86. The minimum Gasteiger partial charge on any atom is -0.497 e. The lowest BCUT2D eigenvalue weighted by atomic mass is 10.2. The molecule has 2 heterocycles. The topological polar surface area (TPSA) is 82.7 Å². The van der Waals surface area contributed by atoms with E-state index in [4.69, 9.17) is 18.9 Å². The molecule has 0 amide bonds. The number of hydrogen-bond acceptors (Lipinski definition) is 6. The smallest absolute Gasteiger partial charge is 0.249 e. The number of rotatable bonds is 10. The zero-order valence-corrected chi connectivity index (χ0v) is 26.6. The van der Waals surface area contributed by atoms with E-state index in [1.807, 2.05) is 91.0 Å². The predicted molar refractivity (Wildman–Crippen MR) is 176 cm³/mol. The number of halogens is 2. The van der Waals surface area contributed by atoms with Crippen LogP contribution in [0.1, 0.15) is 16.7 Å². The number of nitrogens with zero attached hydrogens (tertiary/aromatic N) is 1. The molecule has 1 N–H and O–H groups in total. The molecule has 5 rings (SSSR count). The van der Waals surface area contributed by atoms with Crippen molar-refractivity contribution in [3.63, 3.8) is 0 Å². The number of methoxy groups -OCH3 is 1. The molecule has 210 valence electrons. The SMILES string of the molecule is COc1ccc(COc2cc(I)c(OCc3ccccc3)cn2)cc1.O=c1cc(I)c(OCc2ccccc2)c[nH]1. The van der Waals surface area contributed by atoms with Gasteiger partial charge in [0, 0.05) is 18.3 Å². The molecule has 7 nitrogen and oxygen atoms in total. The van der Waals surface area contributed by atoms with E-state index in [-0.39, 0.29) is 5.56 Å². The van der Waals surface area contributed by atoms with E-state index in [0.29, 0.717) is 31.5 Å². The van der Waals surface area contributed by atoms with Crippen LogP contribution in [0.2, 0.25) is 0 Å². The van der Waals surface area contributed by atoms with Crippen molar-refractivity contribution >= 4 is 45.2 Å². The van der Waals surface area contributed by atoms with Crippen molar-refractivity contribution in [2.45, 2.75) is 19.8 Å². The van der Waals surface area contributed by atoms with Crippen LogP contribution in [0.4, 0.5) is 0 Å². The minimum atomic E-state index is -0.114. The van der Waals surface area contributed by atoms with Gasteiger partial charge in [-0.2, -0.15) is 0 Å². The van der Waals surface area contributed by atoms with Gasteiger partial charge in [-0.1, -0.05) is 72.8 Å². The van der Waals surface area contributed by atoms with Gasteiger partial charge in [0.25, 0.3) is 0 Å². The van der Waals surface area contributed by atoms with Crippen molar-refractivity contribution in [3.8, 4) is 23.1 Å². The van der Waals surface area contributed by atoms with Crippen LogP contribution < -0.4 is 24.5 Å². The lowest BCUT2D eigenvalue weighted by molar-refractivity contribution is 0.284. The fourth-order valence-corrected chi connectivity index (χ4v) is 4.64. The first-order chi connectivity index (χ1) is 20.0. The average molecular weight is 774 g/mol. The Morgan fingerprint density at radius 1 is 0.683 bits per heavy atom. The van der Waals surface area contributed by atoms with Gasteiger partial charge in [0.2, 0.25) is 11.4 Å². The number of nitrogens with one attached hydrogen (secondary N) is 1. The summed E-state index contributed by atoms with van der Waals surface area (Å²) in [6.07, 6.45) is 3.29. The third kappa shape index (κ3) is 10.1. The Morgan fingerprint density at radius 3 is 1.78 bits per heavy atom. The Morgan fingerprint density at radius 2 is 1.22 bits per heavy atom. The molecule has 0 saturated carbocycles. The quantitative estimate of drug-likeness (QED) is 0.149. The maximum atomic E-state index is 11.0. The molecule has 0 atom stereocenters. The first kappa shape index (κ1) is 30.4. The second-order valence-corrected chi connectivity index (χ2v) is 11.0. The maximum Gasteiger partial charge on any atom is 0.249 e. The van der Waals surface area contributed by atoms with Crippen molar-refractivity contribution < 1.29 is 18.9 Å². The van der Waals surface area contributed by atoms with Crippen LogP contribution >= 0.6 is 45.2 Å². The van der Waals surface area contributed by atoms with E-state index in [1.165, 1.54) is 6.07 Å². The summed E-state index contributed by atoms with van der Waals surface area (Å²) in [4.78, 5) is 17.9. The van der Waals surface area contributed by atoms with E-state index in [0.717, 1.165) is 35.3 Å². The van der Waals surface area contributed by atoms with Crippen molar-refractivity contribution in [1.82, 2.24) is 9.97 Å². The van der Waals surface area contributed by atoms with Gasteiger partial charge >= 0.3 is 0 Å². The molecule has 2 aromatic heterocycles. The van der Waals surface area contributed by atoms with Gasteiger partial charge in [-0.25, -0.2) is 4.98 Å². The van der Waals surface area contributed by atoms with Crippen LogP contribution in [-0.2, 0) is 19.8 Å². The second-order valence-electron chi connectivity index (χ2n) is 8.65. The number of aromatic amines is 1. The monoisotopic (exact) mass is 774 g/mol. The first-order valence-corrected chi connectivity index (χ1v) is 14.8. The van der Waals surface area contributed by atoms with Crippen molar-refractivity contribution in [3.05, 3.63) is 144 Å². The average Bonchev–Trinajstić information content (AvgIpc) is 3.01. The molecule has 0 saturated heterocycles. The maximum absolute atomic E-state index is 11.0. The zero-order chi connectivity index (χ0) is 28.9. The highest BCUT2D eigenvalue weighted by Crippen LogP contribution is 2.25. The van der Waals surface area contributed by atoms with Gasteiger partial charge in [-0.3, -0.25) is 4.79 Å². The van der Waals surface area contributed by atoms with Gasteiger partial charge in [0.15, 0.2) is 5.75 Å². The number of H-pyrrole nitrogens is 1. The Hall–Kier alpha value is -3.58. The molecule has 5 aromatic rings. The molecule has 0 fully saturated rings. The Balaban J connectivity index is 0.000000208. The van der Waals surface area contributed by atoms with Crippen LogP contribution in [0.3, 0.4) is 0 Å². The molecule has 9 heteroatoms. The second kappa shape index (κ2) is 16.0. The molecule has 0 aliphatic heterocycles. The summed E-state index contributed by atoms with van der Waals surface area (Å²) in [6, 6.07) is 31.1. The lowest BCUT2D eigenvalue weighted by Gasteiger charge is -2.10. The minimum absolute atomic E-state index is 0.114. The lowest BCUT2D eigenvalue weighted by Crippen LogP contribution is -2.06. The Bertz CT molecular complexity index is 1560. The highest BCUT2D eigenvalue weighted by atomic mass is 127. The number of aromatic nitrogens is 2. The number of pyridine rings is 2. The fourth-order valence-electron chi connectivity index (χ4n) is 3.48. The molecule has 0 unspecified atom stereocenters. The highest BCUT2D eigenvalue weighted by molar-refractivity contribution is 14.1. The third-order valence-electron chi connectivity index (χ3n) is 5.65. The fraction of sp³-hybridized carbons (Fsp3) is 0.125. The van der Waals surface area contributed by atoms with Gasteiger partial charge in [0.1, 0.15) is 31.3 Å². The molecule has 0 bridgehead atoms. The predicted octanol–water partition coefficient (Wildman–Crippen LogP) is 7.41. The Labute approximate surface area is 266 Å². The molecular weight excluding hydrogens is 746 g/mol. The summed E-state index contributed by atoms with van der Waals surface area (Å²) in [5, 5.41) is 0. The van der Waals surface area contributed by atoms with E-state index < -0.39 is 0 Å². The molecule has 0 spiro atoms. The number of hydrogen-bond donors (Lipinski definition) is 1. The number of benzene rings is 3. The van der Waals surface area contributed by atoms with Crippen LogP contribution in [0.15, 0.2) is 114 Å². The molecule has 3 aromatic carbocycles. The van der Waals surface area contributed by atoms with Gasteiger partial charge in [0.05, 0.1) is 20.4 Å². The van der Waals surface area contributed by atoms with E-state index in [9.17, 15) is 4.79 Å². The molecule has 0 aliphatic carbocycles. The van der Waals surface area contributed by atoms with Gasteiger partial charge in [-0.15, -0.1) is 0 Å². The molecular formula is C32H28I2N2O5. The Kier molecular flexibility index (Phi) is 11.9.